The smallest absolute Gasteiger partial charge is 0.123 e. The quantitative estimate of drug-likeness (QED) is 0.935. The van der Waals surface area contributed by atoms with Gasteiger partial charge in [0, 0.05) is 18.7 Å². The van der Waals surface area contributed by atoms with Gasteiger partial charge in [-0.15, -0.1) is 0 Å². The zero-order chi connectivity index (χ0) is 14.7. The molecule has 2 aromatic rings. The summed E-state index contributed by atoms with van der Waals surface area (Å²) in [4.78, 5) is 2.29. The van der Waals surface area contributed by atoms with Gasteiger partial charge < -0.3 is 4.90 Å². The first kappa shape index (κ1) is 13.8. The second-order valence-corrected chi connectivity index (χ2v) is 5.34. The number of aromatic nitrogens is 2. The largest absolute Gasteiger partial charge is 0.302 e. The van der Waals surface area contributed by atoms with Crippen molar-refractivity contribution in [3.63, 3.8) is 0 Å². The predicted octanol–water partition coefficient (Wildman–Crippen LogP) is 3.44. The normalized spacial score (nSPS) is 16.4. The van der Waals surface area contributed by atoms with Crippen molar-refractivity contribution < 1.29 is 4.39 Å². The maximum Gasteiger partial charge on any atom is 0.123 e. The fourth-order valence-electron chi connectivity index (χ4n) is 2.55. The number of hydrogen-bond donors (Lipinski definition) is 1. The molecule has 0 amide bonds. The Morgan fingerprint density at radius 1 is 1.33 bits per heavy atom. The molecule has 4 heteroatoms. The summed E-state index contributed by atoms with van der Waals surface area (Å²) in [6.45, 7) is 2.01. The van der Waals surface area contributed by atoms with Crippen LogP contribution in [0.4, 0.5) is 4.39 Å². The van der Waals surface area contributed by atoms with E-state index >= 15 is 0 Å². The summed E-state index contributed by atoms with van der Waals surface area (Å²) in [5.41, 5.74) is 4.19. The maximum absolute atomic E-state index is 13.2. The summed E-state index contributed by atoms with van der Waals surface area (Å²) in [7, 11) is 2.12. The number of H-pyrrole nitrogens is 1. The topological polar surface area (TPSA) is 31.9 Å². The molecular formula is C17H18FN3. The molecule has 1 N–H and O–H groups in total. The highest BCUT2D eigenvalue weighted by molar-refractivity contribution is 5.78. The molecule has 1 aromatic heterocycles. The van der Waals surface area contributed by atoms with Crippen LogP contribution in [0.3, 0.4) is 0 Å². The minimum Gasteiger partial charge on any atom is -0.302 e. The molecule has 2 heterocycles. The van der Waals surface area contributed by atoms with Crippen LogP contribution in [0.5, 0.6) is 0 Å². The van der Waals surface area contributed by atoms with Crippen LogP contribution in [0.15, 0.2) is 36.5 Å². The van der Waals surface area contributed by atoms with E-state index in [9.17, 15) is 4.39 Å². The molecule has 0 saturated heterocycles. The van der Waals surface area contributed by atoms with Gasteiger partial charge in [-0.1, -0.05) is 30.4 Å². The van der Waals surface area contributed by atoms with Gasteiger partial charge in [0.25, 0.3) is 0 Å². The molecule has 1 aromatic carbocycles. The molecule has 3 nitrogen and oxygen atoms in total. The summed E-state index contributed by atoms with van der Waals surface area (Å²) >= 11 is 0. The zero-order valence-electron chi connectivity index (χ0n) is 12.0. The molecule has 1 aliphatic rings. The number of hydrogen-bond acceptors (Lipinski definition) is 2. The average molecular weight is 283 g/mol. The lowest BCUT2D eigenvalue weighted by molar-refractivity contribution is 0.372. The van der Waals surface area contributed by atoms with Crippen molar-refractivity contribution in [3.8, 4) is 0 Å². The standard InChI is InChI=1S/C17H18FN3/c1-21-9-3-5-15(12-21)17-14(11-19-20-17)8-7-13-4-2-6-16(18)10-13/h2,4-8,10-11H,3,9,12H2,1H3,(H,19,20)/b8-7+. The molecule has 0 aliphatic carbocycles. The van der Waals surface area contributed by atoms with E-state index < -0.39 is 0 Å². The number of aromatic amines is 1. The van der Waals surface area contributed by atoms with Gasteiger partial charge >= 0.3 is 0 Å². The van der Waals surface area contributed by atoms with Crippen LogP contribution < -0.4 is 0 Å². The first-order chi connectivity index (χ1) is 10.2. The Morgan fingerprint density at radius 3 is 3.05 bits per heavy atom. The average Bonchev–Trinajstić information content (AvgIpc) is 2.94. The lowest BCUT2D eigenvalue weighted by atomic mass is 10.0. The number of halogens is 1. The lowest BCUT2D eigenvalue weighted by Gasteiger charge is -2.22. The third-order valence-electron chi connectivity index (χ3n) is 3.64. The molecule has 0 saturated carbocycles. The number of nitrogens with one attached hydrogen (secondary N) is 1. The van der Waals surface area contributed by atoms with Gasteiger partial charge in [0.1, 0.15) is 5.82 Å². The van der Waals surface area contributed by atoms with Gasteiger partial charge in [-0.2, -0.15) is 5.10 Å². The van der Waals surface area contributed by atoms with E-state index in [0.717, 1.165) is 36.3 Å². The highest BCUT2D eigenvalue weighted by Crippen LogP contribution is 2.22. The van der Waals surface area contributed by atoms with E-state index in [1.165, 1.54) is 17.7 Å². The first-order valence-corrected chi connectivity index (χ1v) is 7.07. The van der Waals surface area contributed by atoms with E-state index in [2.05, 4.69) is 28.2 Å². The van der Waals surface area contributed by atoms with Crippen LogP contribution in [0.1, 0.15) is 23.2 Å². The van der Waals surface area contributed by atoms with Gasteiger partial charge in [-0.05, 0) is 36.7 Å². The number of likely N-dealkylation sites (N-methyl/N-ethyl adjacent to an activating group) is 1. The Bertz CT molecular complexity index is 685. The number of nitrogens with zero attached hydrogens (tertiary/aromatic N) is 2. The molecule has 0 bridgehead atoms. The first-order valence-electron chi connectivity index (χ1n) is 7.07. The van der Waals surface area contributed by atoms with E-state index in [1.54, 1.807) is 12.3 Å². The maximum atomic E-state index is 13.2. The molecule has 0 fully saturated rings. The van der Waals surface area contributed by atoms with Crippen LogP contribution in [0, 0.1) is 5.82 Å². The van der Waals surface area contributed by atoms with Crippen molar-refractivity contribution in [2.75, 3.05) is 20.1 Å². The molecule has 0 atom stereocenters. The van der Waals surface area contributed by atoms with Crippen molar-refractivity contribution in [2.45, 2.75) is 6.42 Å². The van der Waals surface area contributed by atoms with Crippen molar-refractivity contribution in [1.82, 2.24) is 15.1 Å². The second kappa shape index (κ2) is 6.06. The fourth-order valence-corrected chi connectivity index (χ4v) is 2.55. The monoisotopic (exact) mass is 283 g/mol. The molecule has 3 rings (SSSR count). The molecule has 0 radical (unpaired) electrons. The molecule has 21 heavy (non-hydrogen) atoms. The molecule has 108 valence electrons. The third kappa shape index (κ3) is 3.28. The summed E-state index contributed by atoms with van der Waals surface area (Å²) in [6, 6.07) is 6.56. The Morgan fingerprint density at radius 2 is 2.24 bits per heavy atom. The van der Waals surface area contributed by atoms with Gasteiger partial charge in [-0.3, -0.25) is 5.10 Å². The van der Waals surface area contributed by atoms with Crippen LogP contribution in [-0.4, -0.2) is 35.2 Å². The van der Waals surface area contributed by atoms with Gasteiger partial charge in [0.2, 0.25) is 0 Å². The minimum atomic E-state index is -0.221. The van der Waals surface area contributed by atoms with E-state index in [1.807, 2.05) is 18.2 Å². The van der Waals surface area contributed by atoms with Crippen molar-refractivity contribution in [2.24, 2.45) is 0 Å². The summed E-state index contributed by atoms with van der Waals surface area (Å²) in [5, 5.41) is 7.22. The van der Waals surface area contributed by atoms with Crippen LogP contribution in [0.2, 0.25) is 0 Å². The Hall–Kier alpha value is -2.20. The van der Waals surface area contributed by atoms with Gasteiger partial charge in [-0.25, -0.2) is 4.39 Å². The van der Waals surface area contributed by atoms with Crippen LogP contribution >= 0.6 is 0 Å². The van der Waals surface area contributed by atoms with Crippen LogP contribution in [0.25, 0.3) is 17.7 Å². The SMILES string of the molecule is CN1CCC=C(c2[nH]ncc2/C=C/c2cccc(F)c2)C1. The van der Waals surface area contributed by atoms with E-state index in [0.29, 0.717) is 0 Å². The van der Waals surface area contributed by atoms with Crippen LogP contribution in [-0.2, 0) is 0 Å². The highest BCUT2D eigenvalue weighted by atomic mass is 19.1. The molecular weight excluding hydrogens is 265 g/mol. The van der Waals surface area contributed by atoms with E-state index in [-0.39, 0.29) is 5.82 Å². The summed E-state index contributed by atoms with van der Waals surface area (Å²) < 4.78 is 13.2. The van der Waals surface area contributed by atoms with Crippen molar-refractivity contribution in [1.29, 1.82) is 0 Å². The summed E-state index contributed by atoms with van der Waals surface area (Å²) in [5.74, 6) is -0.221. The van der Waals surface area contributed by atoms with Gasteiger partial charge in [0.05, 0.1) is 11.9 Å². The summed E-state index contributed by atoms with van der Waals surface area (Å²) in [6.07, 6.45) is 9.00. The number of rotatable bonds is 3. The Labute approximate surface area is 123 Å². The minimum absolute atomic E-state index is 0.221. The molecule has 1 aliphatic heterocycles. The Kier molecular flexibility index (Phi) is 3.97. The zero-order valence-corrected chi connectivity index (χ0v) is 12.0. The van der Waals surface area contributed by atoms with Crippen molar-refractivity contribution in [3.05, 3.63) is 59.2 Å². The Balaban J connectivity index is 1.84. The second-order valence-electron chi connectivity index (χ2n) is 5.34. The van der Waals surface area contributed by atoms with Gasteiger partial charge in [0.15, 0.2) is 0 Å². The molecule has 0 spiro atoms. The van der Waals surface area contributed by atoms with Crippen molar-refractivity contribution >= 4 is 17.7 Å². The lowest BCUT2D eigenvalue weighted by Crippen LogP contribution is -2.25. The fraction of sp³-hybridized carbons (Fsp3) is 0.235. The highest BCUT2D eigenvalue weighted by Gasteiger charge is 2.14. The predicted molar refractivity (Wildman–Crippen MR) is 84.0 cm³/mol. The third-order valence-corrected chi connectivity index (χ3v) is 3.64. The molecule has 0 unspecified atom stereocenters. The van der Waals surface area contributed by atoms with E-state index in [4.69, 9.17) is 0 Å². The number of benzene rings is 1.